The summed E-state index contributed by atoms with van der Waals surface area (Å²) >= 11 is 9.73. The predicted molar refractivity (Wildman–Crippen MR) is 182 cm³/mol. The molecule has 2 rings (SSSR count). The van der Waals surface area contributed by atoms with Gasteiger partial charge in [0.1, 0.15) is 23.0 Å². The molecule has 0 radical (unpaired) electrons. The zero-order valence-electron chi connectivity index (χ0n) is 30.4. The quantitative estimate of drug-likeness (QED) is 0.107. The van der Waals surface area contributed by atoms with E-state index in [1.807, 2.05) is 32.9 Å². The number of benzene rings is 2. The summed E-state index contributed by atoms with van der Waals surface area (Å²) in [5, 5.41) is 20.8. The molecule has 0 aliphatic carbocycles. The number of aryl methyl sites for hydroxylation is 4. The van der Waals surface area contributed by atoms with E-state index in [0.717, 1.165) is 38.4 Å². The van der Waals surface area contributed by atoms with E-state index in [1.54, 1.807) is 46.8 Å². The van der Waals surface area contributed by atoms with Crippen molar-refractivity contribution in [2.24, 2.45) is 0 Å². The summed E-state index contributed by atoms with van der Waals surface area (Å²) < 4.78 is 26.5. The fraction of sp³-hybridized carbons (Fsp3) is 0.516. The first-order chi connectivity index (χ1) is 20.9. The van der Waals surface area contributed by atoms with Gasteiger partial charge in [-0.05, 0) is 102 Å². The van der Waals surface area contributed by atoms with E-state index >= 15 is 0 Å². The molecule has 47 heavy (non-hydrogen) atoms. The Labute approximate surface area is 423 Å². The second kappa shape index (κ2) is 30.1. The molecule has 0 amide bonds. The number of halogens is 3. The number of carbonyl (C=O) groups is 3. The maximum Gasteiger partial charge on any atom is 1.00 e. The monoisotopic (exact) mass is 1100 g/mol. The van der Waals surface area contributed by atoms with Crippen LogP contribution in [0, 0.1) is 27.7 Å². The van der Waals surface area contributed by atoms with Crippen molar-refractivity contribution in [2.75, 3.05) is 36.8 Å². The van der Waals surface area contributed by atoms with Crippen LogP contribution in [0.1, 0.15) is 51.4 Å². The van der Waals surface area contributed by atoms with Crippen molar-refractivity contribution in [2.45, 2.75) is 66.6 Å². The first-order valence-electron chi connectivity index (χ1n) is 13.4. The Morgan fingerprint density at radius 1 is 0.745 bits per heavy atom. The molecule has 0 aliphatic heterocycles. The van der Waals surface area contributed by atoms with E-state index in [-0.39, 0.29) is 151 Å². The molecular formula is C31H45Br3Cs2O11. The molecule has 0 aliphatic rings. The van der Waals surface area contributed by atoms with Gasteiger partial charge in [-0.25, -0.2) is 9.59 Å². The number of ether oxygens (including phenoxy) is 5. The van der Waals surface area contributed by atoms with Gasteiger partial charge in [-0.1, -0.05) is 47.8 Å². The van der Waals surface area contributed by atoms with Crippen LogP contribution >= 0.6 is 47.8 Å². The minimum Gasteiger partial charge on any atom is -1.00 e. The summed E-state index contributed by atoms with van der Waals surface area (Å²) in [4.78, 5) is 34.4. The van der Waals surface area contributed by atoms with Crippen molar-refractivity contribution in [3.63, 3.8) is 0 Å². The average molecular weight is 1100 g/mol. The number of methoxy groups -OCH3 is 2. The minimum absolute atomic E-state index is 0. The van der Waals surface area contributed by atoms with Crippen LogP contribution in [0.4, 0.5) is 0 Å². The summed E-state index contributed by atoms with van der Waals surface area (Å²) in [5.74, 6) is 1.41. The Morgan fingerprint density at radius 3 is 1.43 bits per heavy atom. The molecule has 2 aromatic rings. The van der Waals surface area contributed by atoms with Gasteiger partial charge >= 0.3 is 150 Å². The van der Waals surface area contributed by atoms with Crippen LogP contribution in [0.5, 0.6) is 23.0 Å². The topological polar surface area (TPSA) is 150 Å². The van der Waals surface area contributed by atoms with Crippen molar-refractivity contribution in [3.8, 4) is 23.0 Å². The van der Waals surface area contributed by atoms with E-state index < -0.39 is 23.1 Å². The van der Waals surface area contributed by atoms with E-state index in [2.05, 4.69) is 57.4 Å². The fourth-order valence-electron chi connectivity index (χ4n) is 3.19. The molecule has 16 heteroatoms. The largest absolute Gasteiger partial charge is 1.00 e. The fourth-order valence-corrected chi connectivity index (χ4v) is 3.35. The summed E-state index contributed by atoms with van der Waals surface area (Å²) in [5.41, 5.74) is 1.27. The number of phenolic OH excluding ortho intramolecular Hbond substituents is 1. The molecular weight excluding hydrogens is 1050 g/mol. The summed E-state index contributed by atoms with van der Waals surface area (Å²) in [6.45, 7) is 14.5. The van der Waals surface area contributed by atoms with Gasteiger partial charge in [0.15, 0.2) is 11.2 Å². The molecule has 1 N–H and O–H groups in total. The van der Waals surface area contributed by atoms with Crippen LogP contribution < -0.4 is 157 Å². The summed E-state index contributed by atoms with van der Waals surface area (Å²) in [7, 11) is 2.67. The Morgan fingerprint density at radius 2 is 1.09 bits per heavy atom. The van der Waals surface area contributed by atoms with E-state index in [0.29, 0.717) is 23.7 Å². The number of hydrogen-bond acceptors (Lipinski definition) is 11. The molecule has 0 unspecified atom stereocenters. The third-order valence-corrected chi connectivity index (χ3v) is 7.68. The van der Waals surface area contributed by atoms with Crippen LogP contribution in [0.3, 0.4) is 0 Å². The Kier molecular flexibility index (Phi) is 35.4. The Hall–Kier alpha value is 1.55. The molecule has 0 bridgehead atoms. The molecule has 0 heterocycles. The molecule has 0 fully saturated rings. The van der Waals surface area contributed by atoms with Crippen molar-refractivity contribution in [1.29, 1.82) is 0 Å². The van der Waals surface area contributed by atoms with Gasteiger partial charge in [-0.2, -0.15) is 0 Å². The first-order valence-corrected chi connectivity index (χ1v) is 16.8. The first kappa shape index (κ1) is 55.3. The van der Waals surface area contributed by atoms with Crippen LogP contribution in [-0.2, 0) is 28.7 Å². The van der Waals surface area contributed by atoms with Crippen LogP contribution in [0.2, 0.25) is 0 Å². The number of phenols is 1. The number of hydrogen-bond donors (Lipinski definition) is 1. The third-order valence-electron chi connectivity index (χ3n) is 5.50. The standard InChI is InChI=1S/C15H21BrO4.C13H18O4.C2H4Br2.CH2O3.2Cs.H/c1-10-9-13(20-15(3,4)14(17)18-5)11(2)8-12(10)19-7-6-16;1-8-7-11(9(2)6-10(8)14)17-13(3,4)12(15)16-5;3-1-2-4;2-1-4-3;;;/h8-9H,6-7H2,1-5H3;6-7,14H,1-5H3;1-2H2;1,3H;;;/q;;;;2*+1;-1/p-1. The van der Waals surface area contributed by atoms with Crippen molar-refractivity contribution < 1.29 is 193 Å². The third kappa shape index (κ3) is 23.0. The molecule has 0 aromatic heterocycles. The zero-order valence-corrected chi connectivity index (χ0v) is 46.7. The molecule has 258 valence electrons. The molecule has 0 spiro atoms. The smallest absolute Gasteiger partial charge is 1.00 e. The van der Waals surface area contributed by atoms with Gasteiger partial charge in [0.25, 0.3) is 6.47 Å². The number of aromatic hydroxyl groups is 1. The Bertz CT molecular complexity index is 1220. The van der Waals surface area contributed by atoms with Crippen molar-refractivity contribution in [1.82, 2.24) is 0 Å². The molecule has 0 saturated carbocycles. The Balaban J connectivity index is -0.000000201. The number of alkyl halides is 3. The molecule has 11 nitrogen and oxygen atoms in total. The number of rotatable bonds is 11. The van der Waals surface area contributed by atoms with Crippen LogP contribution in [-0.4, -0.2) is 71.5 Å². The van der Waals surface area contributed by atoms with Crippen molar-refractivity contribution >= 4 is 66.2 Å². The average Bonchev–Trinajstić information content (AvgIpc) is 3.00. The van der Waals surface area contributed by atoms with Crippen LogP contribution in [0.15, 0.2) is 24.3 Å². The molecule has 0 atom stereocenters. The van der Waals surface area contributed by atoms with Gasteiger partial charge in [0.2, 0.25) is 0 Å². The second-order valence-electron chi connectivity index (χ2n) is 10.1. The van der Waals surface area contributed by atoms with E-state index in [1.165, 1.54) is 14.2 Å². The second-order valence-corrected chi connectivity index (χ2v) is 12.5. The van der Waals surface area contributed by atoms with Gasteiger partial charge in [-0.15, -0.1) is 0 Å². The predicted octanol–water partition coefficient (Wildman–Crippen LogP) is 0.0784. The van der Waals surface area contributed by atoms with Gasteiger partial charge in [0, 0.05) is 16.0 Å². The summed E-state index contributed by atoms with van der Waals surface area (Å²) in [6, 6.07) is 7.11. The van der Waals surface area contributed by atoms with Crippen LogP contribution in [0.25, 0.3) is 0 Å². The van der Waals surface area contributed by atoms with Gasteiger partial charge in [0.05, 0.1) is 20.8 Å². The SMILES string of the molecule is BrCCBr.COC(=O)C(C)(C)Oc1cc(C)c(O)cc1C.COC(=O)C(C)(C)Oc1cc(C)c(OCCBr)cc1C.O=CO[O-].[Cs+].[Cs+].[H-]. The maximum absolute atomic E-state index is 11.7. The molecule has 2 aromatic carbocycles. The molecule has 0 saturated heterocycles. The number of esters is 2. The summed E-state index contributed by atoms with van der Waals surface area (Å²) in [6.07, 6.45) is 0. The van der Waals surface area contributed by atoms with E-state index in [4.69, 9.17) is 29.0 Å². The normalized spacial score (nSPS) is 9.83. The van der Waals surface area contributed by atoms with Crippen molar-refractivity contribution in [3.05, 3.63) is 46.5 Å². The zero-order chi connectivity index (χ0) is 35.4. The van der Waals surface area contributed by atoms with Gasteiger partial charge < -0.3 is 40.4 Å². The van der Waals surface area contributed by atoms with E-state index in [9.17, 15) is 14.7 Å². The van der Waals surface area contributed by atoms with Gasteiger partial charge in [-0.3, -0.25) is 4.79 Å². The maximum atomic E-state index is 11.7. The minimum atomic E-state index is -1.05. The number of carbonyl (C=O) groups excluding carboxylic acids is 3.